The number of carbonyl (C=O) groups excluding carboxylic acids is 1. The molecule has 30 heavy (non-hydrogen) atoms. The van der Waals surface area contributed by atoms with Gasteiger partial charge in [0.25, 0.3) is 5.91 Å². The molecule has 0 N–H and O–H groups in total. The highest BCUT2D eigenvalue weighted by atomic mass is 35.5. The zero-order chi connectivity index (χ0) is 21.5. The summed E-state index contributed by atoms with van der Waals surface area (Å²) in [4.78, 5) is 24.5. The summed E-state index contributed by atoms with van der Waals surface area (Å²) >= 11 is 12.2. The molecule has 0 aromatic heterocycles. The number of thioether (sulfide) groups is 1. The Morgan fingerprint density at radius 2 is 1.80 bits per heavy atom. The van der Waals surface area contributed by atoms with Crippen LogP contribution in [0.3, 0.4) is 0 Å². The van der Waals surface area contributed by atoms with Crippen LogP contribution in [0.5, 0.6) is 0 Å². The Morgan fingerprint density at radius 1 is 1.17 bits per heavy atom. The van der Waals surface area contributed by atoms with Gasteiger partial charge in [0.15, 0.2) is 4.32 Å². The summed E-state index contributed by atoms with van der Waals surface area (Å²) in [6, 6.07) is 16.4. The molecule has 1 saturated heterocycles. The van der Waals surface area contributed by atoms with Gasteiger partial charge in [-0.3, -0.25) is 4.79 Å². The number of nitrogens with zero attached hydrogens (tertiary/aromatic N) is 2. The van der Waals surface area contributed by atoms with E-state index in [0.717, 1.165) is 58.6 Å². The van der Waals surface area contributed by atoms with Crippen molar-refractivity contribution in [2.75, 3.05) is 23.9 Å². The zero-order valence-electron chi connectivity index (χ0n) is 16.4. The molecular formula is C22H21ClN2O3S2. The van der Waals surface area contributed by atoms with E-state index >= 15 is 0 Å². The number of amides is 1. The monoisotopic (exact) mass is 460 g/mol. The number of alkyl halides is 1. The summed E-state index contributed by atoms with van der Waals surface area (Å²) in [6.45, 7) is 7.21. The van der Waals surface area contributed by atoms with Gasteiger partial charge in [-0.05, 0) is 54.0 Å². The van der Waals surface area contributed by atoms with Crippen LogP contribution in [-0.4, -0.2) is 34.3 Å². The number of hydroxylamine groups is 2. The summed E-state index contributed by atoms with van der Waals surface area (Å²) in [5.74, 6) is 0.229. The van der Waals surface area contributed by atoms with Crippen molar-refractivity contribution in [1.82, 2.24) is 5.06 Å². The predicted molar refractivity (Wildman–Crippen MR) is 128 cm³/mol. The normalized spacial score (nSPS) is 15.0. The van der Waals surface area contributed by atoms with Crippen LogP contribution >= 0.6 is 35.6 Å². The third-order valence-corrected chi connectivity index (χ3v) is 5.89. The highest BCUT2D eigenvalue weighted by molar-refractivity contribution is 8.26. The Hall–Kier alpha value is -2.32. The van der Waals surface area contributed by atoms with Gasteiger partial charge in [0.2, 0.25) is 0 Å². The Bertz CT molecular complexity index is 946. The smallest absolute Gasteiger partial charge is 0.293 e. The van der Waals surface area contributed by atoms with Gasteiger partial charge < -0.3 is 9.79 Å². The lowest BCUT2D eigenvalue weighted by Crippen LogP contribution is -2.27. The fraction of sp³-hybridized carbons (Fsp3) is 0.182. The van der Waals surface area contributed by atoms with Crippen LogP contribution in [0.4, 0.5) is 5.69 Å². The average Bonchev–Trinajstić information content (AvgIpc) is 3.03. The summed E-state index contributed by atoms with van der Waals surface area (Å²) in [7, 11) is 0. The Morgan fingerprint density at radius 3 is 2.37 bits per heavy atom. The van der Waals surface area contributed by atoms with Gasteiger partial charge in [-0.2, -0.15) is 0 Å². The van der Waals surface area contributed by atoms with E-state index in [9.17, 15) is 4.79 Å². The van der Waals surface area contributed by atoms with E-state index in [1.807, 2.05) is 24.3 Å². The van der Waals surface area contributed by atoms with Crippen molar-refractivity contribution in [1.29, 1.82) is 0 Å². The molecule has 0 aliphatic carbocycles. The number of hydrogen-bond donors (Lipinski definition) is 0. The van der Waals surface area contributed by atoms with E-state index in [4.69, 9.17) is 28.8 Å². The molecule has 0 atom stereocenters. The van der Waals surface area contributed by atoms with E-state index in [-0.39, 0.29) is 10.2 Å². The van der Waals surface area contributed by atoms with Gasteiger partial charge in [-0.15, -0.1) is 16.7 Å². The summed E-state index contributed by atoms with van der Waals surface area (Å²) in [5.41, 5.74) is 4.26. The van der Waals surface area contributed by atoms with Crippen LogP contribution in [0.1, 0.15) is 12.5 Å². The molecule has 156 valence electrons. The van der Waals surface area contributed by atoms with Gasteiger partial charge in [-0.25, -0.2) is 0 Å². The standard InChI is InChI=1S/C22H21ClN2O3S2/c1-3-24(14-13-23)19-11-9-18(10-12-19)17-7-5-16(6-8-17)15-20-21(26)25(22(29)30-20)28-27-4-2/h4-12,15H,2-3,13-14H2,1H3. The molecule has 1 aliphatic heterocycles. The third-order valence-electron chi connectivity index (χ3n) is 4.45. The molecule has 2 aromatic carbocycles. The first-order chi connectivity index (χ1) is 14.6. The van der Waals surface area contributed by atoms with E-state index in [2.05, 4.69) is 47.6 Å². The number of benzene rings is 2. The Kier molecular flexibility index (Phi) is 7.93. The summed E-state index contributed by atoms with van der Waals surface area (Å²) in [5, 5.41) is 0.924. The van der Waals surface area contributed by atoms with Crippen molar-refractivity contribution in [3.05, 3.63) is 71.8 Å². The molecule has 0 spiro atoms. The largest absolute Gasteiger partial charge is 0.371 e. The van der Waals surface area contributed by atoms with E-state index in [1.54, 1.807) is 6.08 Å². The van der Waals surface area contributed by atoms with Crippen LogP contribution in [0, 0.1) is 0 Å². The maximum absolute atomic E-state index is 12.4. The van der Waals surface area contributed by atoms with E-state index < -0.39 is 0 Å². The number of hydrogen-bond acceptors (Lipinski definition) is 6. The first-order valence-electron chi connectivity index (χ1n) is 9.31. The fourth-order valence-electron chi connectivity index (χ4n) is 2.95. The maximum atomic E-state index is 12.4. The molecule has 1 heterocycles. The highest BCUT2D eigenvalue weighted by Crippen LogP contribution is 2.33. The van der Waals surface area contributed by atoms with Crippen molar-refractivity contribution in [3.8, 4) is 11.1 Å². The Labute approximate surface area is 190 Å². The molecule has 5 nitrogen and oxygen atoms in total. The topological polar surface area (TPSA) is 42.0 Å². The Balaban J connectivity index is 1.72. The van der Waals surface area contributed by atoms with Gasteiger partial charge in [0, 0.05) is 24.7 Å². The van der Waals surface area contributed by atoms with Gasteiger partial charge in [0.1, 0.15) is 6.26 Å². The fourth-order valence-corrected chi connectivity index (χ4v) is 4.29. The molecule has 3 rings (SSSR count). The second-order valence-corrected chi connectivity index (χ2v) is 8.30. The minimum atomic E-state index is -0.371. The first kappa shape index (κ1) is 22.4. The van der Waals surface area contributed by atoms with Crippen LogP contribution < -0.4 is 4.90 Å². The molecule has 0 bridgehead atoms. The van der Waals surface area contributed by atoms with E-state index in [0.29, 0.717) is 10.8 Å². The zero-order valence-corrected chi connectivity index (χ0v) is 18.8. The van der Waals surface area contributed by atoms with Crippen LogP contribution in [0.25, 0.3) is 17.2 Å². The predicted octanol–water partition coefficient (Wildman–Crippen LogP) is 5.63. The SMILES string of the molecule is C=COON1C(=O)C(=Cc2ccc(-c3ccc(N(CC)CCCl)cc3)cc2)SC1=S. The number of thiocarbonyl (C=S) groups is 1. The second kappa shape index (κ2) is 10.6. The van der Waals surface area contributed by atoms with Crippen molar-refractivity contribution >= 4 is 57.6 Å². The second-order valence-electron chi connectivity index (χ2n) is 6.25. The molecule has 1 aliphatic rings. The van der Waals surface area contributed by atoms with Crippen molar-refractivity contribution < 1.29 is 14.7 Å². The van der Waals surface area contributed by atoms with Crippen molar-refractivity contribution in [2.24, 2.45) is 0 Å². The van der Waals surface area contributed by atoms with E-state index in [1.165, 1.54) is 0 Å². The molecule has 0 radical (unpaired) electrons. The van der Waals surface area contributed by atoms with Crippen LogP contribution in [-0.2, 0) is 14.7 Å². The van der Waals surface area contributed by atoms with Crippen LogP contribution in [0.15, 0.2) is 66.3 Å². The molecule has 0 saturated carbocycles. The molecule has 2 aromatic rings. The van der Waals surface area contributed by atoms with Crippen LogP contribution in [0.2, 0.25) is 0 Å². The highest BCUT2D eigenvalue weighted by Gasteiger charge is 2.34. The lowest BCUT2D eigenvalue weighted by atomic mass is 10.0. The molecule has 0 unspecified atom stereocenters. The lowest BCUT2D eigenvalue weighted by molar-refractivity contribution is -0.350. The number of anilines is 1. The van der Waals surface area contributed by atoms with Crippen molar-refractivity contribution in [2.45, 2.75) is 6.92 Å². The minimum Gasteiger partial charge on any atom is -0.371 e. The van der Waals surface area contributed by atoms with Crippen molar-refractivity contribution in [3.63, 3.8) is 0 Å². The summed E-state index contributed by atoms with van der Waals surface area (Å²) in [6.07, 6.45) is 2.85. The molecule has 1 amide bonds. The average molecular weight is 461 g/mol. The molecular weight excluding hydrogens is 440 g/mol. The number of halogens is 1. The van der Waals surface area contributed by atoms with Gasteiger partial charge in [0.05, 0.1) is 4.91 Å². The maximum Gasteiger partial charge on any atom is 0.293 e. The number of carbonyl (C=O) groups is 1. The quantitative estimate of drug-likeness (QED) is 0.121. The molecule has 1 fully saturated rings. The molecule has 8 heteroatoms. The van der Waals surface area contributed by atoms with Gasteiger partial charge >= 0.3 is 0 Å². The summed E-state index contributed by atoms with van der Waals surface area (Å²) < 4.78 is 0.264. The van der Waals surface area contributed by atoms with Gasteiger partial charge in [-0.1, -0.05) is 59.7 Å². The first-order valence-corrected chi connectivity index (χ1v) is 11.1. The third kappa shape index (κ3) is 5.23. The minimum absolute atomic E-state index is 0.264. The lowest BCUT2D eigenvalue weighted by Gasteiger charge is -2.22. The number of rotatable bonds is 9.